The summed E-state index contributed by atoms with van der Waals surface area (Å²) < 4.78 is 15.5. The van der Waals surface area contributed by atoms with Crippen molar-refractivity contribution in [2.45, 2.75) is 19.4 Å². The van der Waals surface area contributed by atoms with Gasteiger partial charge in [0.25, 0.3) is 0 Å². The molecule has 0 fully saturated rings. The van der Waals surface area contributed by atoms with Crippen LogP contribution in [0.1, 0.15) is 17.0 Å². The molecule has 0 amide bonds. The summed E-state index contributed by atoms with van der Waals surface area (Å²) in [6.45, 7) is 2.93. The van der Waals surface area contributed by atoms with E-state index in [1.807, 2.05) is 6.07 Å². The van der Waals surface area contributed by atoms with Crippen LogP contribution in [0.5, 0.6) is 0 Å². The molecule has 5 rings (SSSR count). The summed E-state index contributed by atoms with van der Waals surface area (Å²) in [6, 6.07) is 13.6. The topological polar surface area (TPSA) is 46.3 Å². The maximum Gasteiger partial charge on any atom is 0.166 e. The molecule has 130 valence electrons. The fourth-order valence-electron chi connectivity index (χ4n) is 3.68. The highest BCUT2D eigenvalue weighted by atomic mass is 19.1. The van der Waals surface area contributed by atoms with Crippen LogP contribution in [0.3, 0.4) is 0 Å². The number of para-hydroxylation sites is 1. The van der Waals surface area contributed by atoms with Crippen LogP contribution in [-0.4, -0.2) is 37.6 Å². The van der Waals surface area contributed by atoms with Crippen LogP contribution in [0.25, 0.3) is 16.6 Å². The van der Waals surface area contributed by atoms with Gasteiger partial charge < -0.3 is 0 Å². The third-order valence-electron chi connectivity index (χ3n) is 5.06. The second kappa shape index (κ2) is 6.14. The summed E-state index contributed by atoms with van der Waals surface area (Å²) in [6.07, 6.45) is 3.39. The quantitative estimate of drug-likeness (QED) is 0.572. The van der Waals surface area contributed by atoms with Crippen molar-refractivity contribution in [3.8, 4) is 0 Å². The van der Waals surface area contributed by atoms with E-state index in [9.17, 15) is 4.39 Å². The molecule has 3 heterocycles. The molecule has 6 heteroatoms. The third kappa shape index (κ3) is 2.63. The Kier molecular flexibility index (Phi) is 3.64. The Bertz CT molecular complexity index is 1100. The van der Waals surface area contributed by atoms with E-state index in [1.54, 1.807) is 10.6 Å². The lowest BCUT2D eigenvalue weighted by Gasteiger charge is -2.28. The van der Waals surface area contributed by atoms with Crippen LogP contribution < -0.4 is 0 Å². The van der Waals surface area contributed by atoms with Gasteiger partial charge in [0.1, 0.15) is 17.7 Å². The number of hydrogen-bond acceptors (Lipinski definition) is 4. The van der Waals surface area contributed by atoms with Crippen LogP contribution in [0, 0.1) is 5.82 Å². The number of hydrogen-bond donors (Lipinski definition) is 0. The highest BCUT2D eigenvalue weighted by Gasteiger charge is 2.17. The summed E-state index contributed by atoms with van der Waals surface area (Å²) >= 11 is 0. The lowest BCUT2D eigenvalue weighted by atomic mass is 10.00. The molecule has 0 aliphatic carbocycles. The third-order valence-corrected chi connectivity index (χ3v) is 5.06. The van der Waals surface area contributed by atoms with Gasteiger partial charge in [0.2, 0.25) is 0 Å². The molecule has 0 spiro atoms. The van der Waals surface area contributed by atoms with Gasteiger partial charge in [-0.2, -0.15) is 0 Å². The van der Waals surface area contributed by atoms with Crippen molar-refractivity contribution in [3.05, 3.63) is 71.6 Å². The lowest BCUT2D eigenvalue weighted by molar-refractivity contribution is 0.256. The molecule has 0 bridgehead atoms. The molecule has 0 atom stereocenters. The largest absolute Gasteiger partial charge is 0.298 e. The van der Waals surface area contributed by atoms with Crippen LogP contribution >= 0.6 is 0 Å². The predicted octanol–water partition coefficient (Wildman–Crippen LogP) is 3.02. The van der Waals surface area contributed by atoms with E-state index in [2.05, 4.69) is 44.2 Å². The van der Waals surface area contributed by atoms with Crippen molar-refractivity contribution < 1.29 is 4.39 Å². The maximum atomic E-state index is 13.9. The summed E-state index contributed by atoms with van der Waals surface area (Å²) in [7, 11) is 0. The Morgan fingerprint density at radius 3 is 2.85 bits per heavy atom. The zero-order chi connectivity index (χ0) is 17.5. The molecule has 5 nitrogen and oxygen atoms in total. The van der Waals surface area contributed by atoms with Gasteiger partial charge in [-0.05, 0) is 29.7 Å². The molecule has 4 aromatic rings. The van der Waals surface area contributed by atoms with E-state index >= 15 is 0 Å². The van der Waals surface area contributed by atoms with E-state index in [-0.39, 0.29) is 5.82 Å². The Hall–Kier alpha value is -2.86. The molecule has 0 saturated carbocycles. The summed E-state index contributed by atoms with van der Waals surface area (Å²) in [4.78, 5) is 11.2. The minimum Gasteiger partial charge on any atom is -0.298 e. The van der Waals surface area contributed by atoms with Crippen molar-refractivity contribution in [3.63, 3.8) is 0 Å². The van der Waals surface area contributed by atoms with Gasteiger partial charge in [-0.25, -0.2) is 18.9 Å². The standard InChI is InChI=1S/C20H18FN5/c21-17-7-3-6-16-19(17)22-13-26-20(16)23-18(24-26)9-11-25-10-8-14-4-1-2-5-15(14)12-25/h1-7,13H,8-12H2. The summed E-state index contributed by atoms with van der Waals surface area (Å²) in [5.41, 5.74) is 3.86. The Balaban J connectivity index is 1.37. The fourth-order valence-corrected chi connectivity index (χ4v) is 3.68. The fraction of sp³-hybridized carbons (Fsp3) is 0.250. The minimum atomic E-state index is -0.332. The van der Waals surface area contributed by atoms with Crippen molar-refractivity contribution in [2.24, 2.45) is 0 Å². The molecule has 0 radical (unpaired) electrons. The summed E-state index contributed by atoms with van der Waals surface area (Å²) in [5.74, 6) is 0.434. The molecule has 0 N–H and O–H groups in total. The first-order valence-corrected chi connectivity index (χ1v) is 8.85. The van der Waals surface area contributed by atoms with Crippen LogP contribution in [0.4, 0.5) is 4.39 Å². The Morgan fingerprint density at radius 2 is 1.92 bits per heavy atom. The average molecular weight is 347 g/mol. The molecule has 2 aromatic carbocycles. The van der Waals surface area contributed by atoms with Crippen molar-refractivity contribution in [1.29, 1.82) is 0 Å². The van der Waals surface area contributed by atoms with Gasteiger partial charge in [-0.3, -0.25) is 4.90 Å². The van der Waals surface area contributed by atoms with Gasteiger partial charge in [0, 0.05) is 31.4 Å². The van der Waals surface area contributed by atoms with E-state index in [1.165, 1.54) is 23.5 Å². The molecule has 26 heavy (non-hydrogen) atoms. The van der Waals surface area contributed by atoms with Gasteiger partial charge in [-0.15, -0.1) is 5.10 Å². The van der Waals surface area contributed by atoms with Crippen LogP contribution in [0.2, 0.25) is 0 Å². The second-order valence-corrected chi connectivity index (χ2v) is 6.72. The first-order valence-electron chi connectivity index (χ1n) is 8.85. The molecular weight excluding hydrogens is 329 g/mol. The summed E-state index contributed by atoms with van der Waals surface area (Å²) in [5, 5.41) is 5.21. The Morgan fingerprint density at radius 1 is 1.04 bits per heavy atom. The van der Waals surface area contributed by atoms with Crippen molar-refractivity contribution in [2.75, 3.05) is 13.1 Å². The van der Waals surface area contributed by atoms with E-state index < -0.39 is 0 Å². The Labute approximate surface area is 150 Å². The number of halogens is 1. The van der Waals surface area contributed by atoms with Gasteiger partial charge in [0.05, 0.1) is 0 Å². The lowest BCUT2D eigenvalue weighted by Crippen LogP contribution is -2.32. The van der Waals surface area contributed by atoms with Crippen molar-refractivity contribution >= 4 is 16.6 Å². The number of fused-ring (bicyclic) bond motifs is 4. The molecule has 1 aliphatic heterocycles. The first kappa shape index (κ1) is 15.4. The zero-order valence-corrected chi connectivity index (χ0v) is 14.3. The van der Waals surface area contributed by atoms with Gasteiger partial charge in [0.15, 0.2) is 11.5 Å². The molecule has 2 aromatic heterocycles. The highest BCUT2D eigenvalue weighted by Crippen LogP contribution is 2.20. The zero-order valence-electron chi connectivity index (χ0n) is 14.3. The highest BCUT2D eigenvalue weighted by molar-refractivity contribution is 5.91. The number of aromatic nitrogens is 4. The van der Waals surface area contributed by atoms with E-state index in [0.717, 1.165) is 38.3 Å². The molecule has 0 unspecified atom stereocenters. The average Bonchev–Trinajstić information content (AvgIpc) is 3.10. The molecular formula is C20H18FN5. The monoisotopic (exact) mass is 347 g/mol. The minimum absolute atomic E-state index is 0.332. The van der Waals surface area contributed by atoms with Crippen LogP contribution in [0.15, 0.2) is 48.8 Å². The SMILES string of the molecule is Fc1cccc2c1ncn1nc(CCN3CCc4ccccc4C3)nc21. The van der Waals surface area contributed by atoms with Gasteiger partial charge in [-0.1, -0.05) is 30.3 Å². The number of benzene rings is 2. The normalized spacial score (nSPS) is 14.8. The second-order valence-electron chi connectivity index (χ2n) is 6.72. The van der Waals surface area contributed by atoms with Crippen LogP contribution in [-0.2, 0) is 19.4 Å². The first-order chi connectivity index (χ1) is 12.8. The maximum absolute atomic E-state index is 13.9. The van der Waals surface area contributed by atoms with E-state index in [4.69, 9.17) is 0 Å². The molecule has 1 aliphatic rings. The molecule has 0 saturated heterocycles. The smallest absolute Gasteiger partial charge is 0.166 e. The van der Waals surface area contributed by atoms with Gasteiger partial charge >= 0.3 is 0 Å². The van der Waals surface area contributed by atoms with Crippen molar-refractivity contribution in [1.82, 2.24) is 24.5 Å². The van der Waals surface area contributed by atoms with E-state index in [0.29, 0.717) is 16.6 Å². The number of nitrogens with zero attached hydrogens (tertiary/aromatic N) is 5. The predicted molar refractivity (Wildman–Crippen MR) is 97.4 cm³/mol. The number of rotatable bonds is 3.